The summed E-state index contributed by atoms with van der Waals surface area (Å²) in [4.78, 5) is 52.3. The molecule has 11 nitrogen and oxygen atoms in total. The standard InChI is InChI=1S/C23H26N2O9/c1-4-31-16(26)12-15-17(20(27)32-5-2)23(22(29)34-15)13-8-6-7-9-14(13)25-19(24)18(23)21(28)33-11-10-30-3/h6-9,25H,4-5,10-12,24H2,1-3H3/t23-/m0/s1. The Morgan fingerprint density at radius 3 is 2.35 bits per heavy atom. The van der Waals surface area contributed by atoms with Crippen molar-refractivity contribution in [2.24, 2.45) is 5.73 Å². The number of ether oxygens (including phenoxy) is 5. The van der Waals surface area contributed by atoms with Gasteiger partial charge in [-0.3, -0.25) is 4.79 Å². The zero-order valence-corrected chi connectivity index (χ0v) is 19.1. The van der Waals surface area contributed by atoms with E-state index >= 15 is 0 Å². The van der Waals surface area contributed by atoms with Crippen molar-refractivity contribution in [3.63, 3.8) is 0 Å². The summed E-state index contributed by atoms with van der Waals surface area (Å²) >= 11 is 0. The molecule has 0 aromatic heterocycles. The molecule has 2 aliphatic rings. The Morgan fingerprint density at radius 2 is 1.68 bits per heavy atom. The second-order valence-corrected chi connectivity index (χ2v) is 7.23. The Kier molecular flexibility index (Phi) is 7.57. The van der Waals surface area contributed by atoms with Gasteiger partial charge in [0.05, 0.1) is 19.8 Å². The number of nitrogens with two attached hydrogens (primary N) is 1. The minimum atomic E-state index is -2.12. The lowest BCUT2D eigenvalue weighted by Gasteiger charge is -2.35. The van der Waals surface area contributed by atoms with E-state index in [1.54, 1.807) is 38.1 Å². The molecule has 0 amide bonds. The van der Waals surface area contributed by atoms with E-state index in [1.165, 1.54) is 7.11 Å². The van der Waals surface area contributed by atoms with E-state index in [-0.39, 0.29) is 54.7 Å². The number of esters is 4. The number of fused-ring (bicyclic) bond motifs is 2. The molecule has 0 unspecified atom stereocenters. The number of cyclic esters (lactones) is 1. The van der Waals surface area contributed by atoms with Crippen LogP contribution in [0.1, 0.15) is 25.8 Å². The van der Waals surface area contributed by atoms with E-state index in [2.05, 4.69) is 5.32 Å². The van der Waals surface area contributed by atoms with Crippen molar-refractivity contribution in [1.29, 1.82) is 0 Å². The summed E-state index contributed by atoms with van der Waals surface area (Å²) in [6.07, 6.45) is -0.531. The number of hydrogen-bond donors (Lipinski definition) is 2. The van der Waals surface area contributed by atoms with Crippen LogP contribution in [0.15, 0.2) is 47.0 Å². The van der Waals surface area contributed by atoms with Gasteiger partial charge >= 0.3 is 23.9 Å². The summed E-state index contributed by atoms with van der Waals surface area (Å²) in [5.41, 5.74) is 3.99. The van der Waals surface area contributed by atoms with Crippen LogP contribution in [0, 0.1) is 0 Å². The van der Waals surface area contributed by atoms with Gasteiger partial charge in [-0.15, -0.1) is 0 Å². The normalized spacial score (nSPS) is 18.9. The lowest BCUT2D eigenvalue weighted by molar-refractivity contribution is -0.149. The smallest absolute Gasteiger partial charge is 0.339 e. The summed E-state index contributed by atoms with van der Waals surface area (Å²) in [6, 6.07) is 6.47. The van der Waals surface area contributed by atoms with Crippen molar-refractivity contribution < 1.29 is 42.9 Å². The molecule has 34 heavy (non-hydrogen) atoms. The van der Waals surface area contributed by atoms with Crippen LogP contribution in [-0.2, 0) is 48.3 Å². The van der Waals surface area contributed by atoms with Gasteiger partial charge < -0.3 is 34.7 Å². The first-order chi connectivity index (χ1) is 16.3. The molecule has 3 rings (SSSR count). The Morgan fingerprint density at radius 1 is 1.00 bits per heavy atom. The molecular weight excluding hydrogens is 448 g/mol. The maximum Gasteiger partial charge on any atom is 0.339 e. The minimum absolute atomic E-state index is 0.0357. The van der Waals surface area contributed by atoms with Gasteiger partial charge in [0, 0.05) is 18.4 Å². The summed E-state index contributed by atoms with van der Waals surface area (Å²) in [5.74, 6) is -4.13. The first-order valence-electron chi connectivity index (χ1n) is 10.6. The van der Waals surface area contributed by atoms with Crippen LogP contribution >= 0.6 is 0 Å². The zero-order chi connectivity index (χ0) is 24.9. The molecule has 1 spiro atoms. The Bertz CT molecular complexity index is 1080. The van der Waals surface area contributed by atoms with Crippen LogP contribution < -0.4 is 11.1 Å². The van der Waals surface area contributed by atoms with E-state index in [0.29, 0.717) is 5.69 Å². The van der Waals surface area contributed by atoms with E-state index in [4.69, 9.17) is 29.4 Å². The first-order valence-corrected chi connectivity index (χ1v) is 10.6. The van der Waals surface area contributed by atoms with Crippen molar-refractivity contribution >= 4 is 29.6 Å². The average Bonchev–Trinajstić information content (AvgIpc) is 3.06. The van der Waals surface area contributed by atoms with E-state index in [0.717, 1.165) is 0 Å². The second-order valence-electron chi connectivity index (χ2n) is 7.23. The molecule has 0 fully saturated rings. The molecule has 0 saturated heterocycles. The Labute approximate surface area is 195 Å². The molecule has 1 atom stereocenters. The molecule has 2 heterocycles. The topological polar surface area (TPSA) is 152 Å². The van der Waals surface area contributed by atoms with Crippen molar-refractivity contribution in [2.45, 2.75) is 25.7 Å². The fraction of sp³-hybridized carbons (Fsp3) is 0.391. The number of benzene rings is 1. The maximum absolute atomic E-state index is 13.6. The second kappa shape index (κ2) is 10.4. The molecule has 3 N–H and O–H groups in total. The maximum atomic E-state index is 13.6. The highest BCUT2D eigenvalue weighted by Crippen LogP contribution is 2.53. The molecule has 0 saturated carbocycles. The molecule has 2 aliphatic heterocycles. The van der Waals surface area contributed by atoms with Crippen molar-refractivity contribution in [2.75, 3.05) is 38.9 Å². The molecule has 0 aliphatic carbocycles. The summed E-state index contributed by atoms with van der Waals surface area (Å²) in [6.45, 7) is 3.19. The lowest BCUT2D eigenvalue weighted by atomic mass is 9.66. The number of para-hydroxylation sites is 1. The monoisotopic (exact) mass is 474 g/mol. The van der Waals surface area contributed by atoms with Crippen molar-refractivity contribution in [3.8, 4) is 0 Å². The predicted molar refractivity (Wildman–Crippen MR) is 117 cm³/mol. The zero-order valence-electron chi connectivity index (χ0n) is 19.1. The van der Waals surface area contributed by atoms with Crippen LogP contribution in [0.5, 0.6) is 0 Å². The number of rotatable bonds is 9. The molecular formula is C23H26N2O9. The van der Waals surface area contributed by atoms with Crippen LogP contribution in [0.4, 0.5) is 5.69 Å². The quantitative estimate of drug-likeness (QED) is 0.300. The van der Waals surface area contributed by atoms with Crippen LogP contribution in [0.3, 0.4) is 0 Å². The fourth-order valence-electron chi connectivity index (χ4n) is 3.98. The van der Waals surface area contributed by atoms with Gasteiger partial charge in [0.15, 0.2) is 5.41 Å². The number of carbonyl (C=O) groups is 4. The minimum Gasteiger partial charge on any atom is -0.466 e. The van der Waals surface area contributed by atoms with E-state index < -0.39 is 35.7 Å². The SMILES string of the molecule is CCOC(=O)CC1=C(C(=O)OCC)[C@]2(C(=O)O1)C(C(=O)OCCOC)=C(N)Nc1ccccc12. The highest BCUT2D eigenvalue weighted by molar-refractivity contribution is 6.16. The van der Waals surface area contributed by atoms with E-state index in [1.807, 2.05) is 0 Å². The fourth-order valence-corrected chi connectivity index (χ4v) is 3.98. The average molecular weight is 474 g/mol. The van der Waals surface area contributed by atoms with E-state index in [9.17, 15) is 19.2 Å². The first kappa shape index (κ1) is 24.8. The van der Waals surface area contributed by atoms with Gasteiger partial charge in [0.1, 0.15) is 35.8 Å². The lowest BCUT2D eigenvalue weighted by Crippen LogP contribution is -2.48. The van der Waals surface area contributed by atoms with Gasteiger partial charge in [-0.05, 0) is 19.9 Å². The largest absolute Gasteiger partial charge is 0.466 e. The molecule has 182 valence electrons. The van der Waals surface area contributed by atoms with Crippen LogP contribution in [0.2, 0.25) is 0 Å². The summed E-state index contributed by atoms with van der Waals surface area (Å²) < 4.78 is 25.8. The number of methoxy groups -OCH3 is 1. The highest BCUT2D eigenvalue weighted by atomic mass is 16.6. The third-order valence-electron chi connectivity index (χ3n) is 5.24. The van der Waals surface area contributed by atoms with Gasteiger partial charge in [0.25, 0.3) is 0 Å². The third kappa shape index (κ3) is 4.21. The number of anilines is 1. The van der Waals surface area contributed by atoms with Gasteiger partial charge in [-0.1, -0.05) is 18.2 Å². The van der Waals surface area contributed by atoms with Gasteiger partial charge in [-0.2, -0.15) is 0 Å². The summed E-state index contributed by atoms with van der Waals surface area (Å²) in [5, 5.41) is 2.87. The third-order valence-corrected chi connectivity index (χ3v) is 5.24. The Balaban J connectivity index is 2.29. The predicted octanol–water partition coefficient (Wildman–Crippen LogP) is 1.04. The molecule has 11 heteroatoms. The van der Waals surface area contributed by atoms with Crippen molar-refractivity contribution in [1.82, 2.24) is 0 Å². The Hall–Kier alpha value is -3.86. The molecule has 0 radical (unpaired) electrons. The molecule has 0 bridgehead atoms. The number of nitrogens with one attached hydrogen (secondary N) is 1. The molecule has 1 aromatic rings. The number of hydrogen-bond acceptors (Lipinski definition) is 11. The number of carbonyl (C=O) groups excluding carboxylic acids is 4. The van der Waals surface area contributed by atoms with Gasteiger partial charge in [0.2, 0.25) is 0 Å². The van der Waals surface area contributed by atoms with Crippen LogP contribution in [-0.4, -0.2) is 57.4 Å². The highest BCUT2D eigenvalue weighted by Gasteiger charge is 2.63. The van der Waals surface area contributed by atoms with Crippen molar-refractivity contribution in [3.05, 3.63) is 52.6 Å². The van der Waals surface area contributed by atoms with Crippen LogP contribution in [0.25, 0.3) is 0 Å². The molecule has 1 aromatic carbocycles. The van der Waals surface area contributed by atoms with Gasteiger partial charge in [-0.25, -0.2) is 14.4 Å². The summed E-state index contributed by atoms with van der Waals surface area (Å²) in [7, 11) is 1.43.